The molecule has 0 fully saturated rings. The molecule has 0 aliphatic heterocycles. The summed E-state index contributed by atoms with van der Waals surface area (Å²) in [5.74, 6) is -0.575. The molecule has 0 aliphatic carbocycles. The Hall–Kier alpha value is -2.95. The van der Waals surface area contributed by atoms with Gasteiger partial charge in [0.15, 0.2) is 0 Å². The summed E-state index contributed by atoms with van der Waals surface area (Å²) in [6, 6.07) is 18.5. The Kier molecular flexibility index (Phi) is 5.81. The molecule has 0 spiro atoms. The fourth-order valence-electron chi connectivity index (χ4n) is 3.61. The predicted molar refractivity (Wildman–Crippen MR) is 136 cm³/mol. The van der Waals surface area contributed by atoms with Gasteiger partial charge in [0, 0.05) is 16.8 Å². The quantitative estimate of drug-likeness (QED) is 0.281. The minimum absolute atomic E-state index is 0.274. The summed E-state index contributed by atoms with van der Waals surface area (Å²) < 4.78 is 4.58. The van der Waals surface area contributed by atoms with Crippen molar-refractivity contribution >= 4 is 57.3 Å². The molecule has 0 atom stereocenters. The summed E-state index contributed by atoms with van der Waals surface area (Å²) in [5.41, 5.74) is 10.6. The van der Waals surface area contributed by atoms with Crippen LogP contribution < -0.4 is 5.73 Å². The minimum atomic E-state index is -0.575. The molecule has 3 aromatic heterocycles. The Morgan fingerprint density at radius 1 is 1.03 bits per heavy atom. The van der Waals surface area contributed by atoms with Crippen LogP contribution in [0, 0.1) is 3.70 Å². The van der Waals surface area contributed by atoms with Gasteiger partial charge < -0.3 is 5.73 Å². The first kappa shape index (κ1) is 21.9. The van der Waals surface area contributed by atoms with E-state index in [1.54, 1.807) is 16.8 Å². The molecule has 33 heavy (non-hydrogen) atoms. The normalized spacial score (nSPS) is 11.2. The van der Waals surface area contributed by atoms with Crippen LogP contribution in [0.3, 0.4) is 0 Å². The Labute approximate surface area is 212 Å². The van der Waals surface area contributed by atoms with E-state index in [2.05, 4.69) is 32.9 Å². The van der Waals surface area contributed by atoms with Crippen molar-refractivity contribution in [3.8, 4) is 22.6 Å². The fraction of sp³-hybridized carbons (Fsp3) is 0.0435. The molecule has 0 saturated heterocycles. The summed E-state index contributed by atoms with van der Waals surface area (Å²) >= 11 is 14.4. The van der Waals surface area contributed by atoms with Crippen LogP contribution in [0.4, 0.5) is 0 Å². The number of carbonyl (C=O) groups is 1. The number of benzene rings is 2. The Morgan fingerprint density at radius 3 is 2.58 bits per heavy atom. The first-order valence-corrected chi connectivity index (χ1v) is 11.7. The molecule has 0 unspecified atom stereocenters. The molecule has 1 amide bonds. The lowest BCUT2D eigenvalue weighted by molar-refractivity contribution is 0.100. The van der Waals surface area contributed by atoms with E-state index in [4.69, 9.17) is 33.9 Å². The molecule has 0 aliphatic rings. The van der Waals surface area contributed by atoms with Crippen molar-refractivity contribution in [3.05, 3.63) is 91.7 Å². The number of aromatic nitrogens is 5. The molecule has 5 aromatic rings. The third-order valence-electron chi connectivity index (χ3n) is 5.18. The minimum Gasteiger partial charge on any atom is -0.366 e. The highest BCUT2D eigenvalue weighted by Gasteiger charge is 2.22. The molecule has 3 heterocycles. The average molecular weight is 589 g/mol. The van der Waals surface area contributed by atoms with Crippen LogP contribution in [0.5, 0.6) is 0 Å². The maximum atomic E-state index is 11.7. The van der Waals surface area contributed by atoms with Gasteiger partial charge in [0.2, 0.25) is 5.91 Å². The molecule has 10 heteroatoms. The van der Waals surface area contributed by atoms with E-state index >= 15 is 0 Å². The van der Waals surface area contributed by atoms with E-state index in [-0.39, 0.29) is 5.56 Å². The Morgan fingerprint density at radius 2 is 1.82 bits per heavy atom. The number of pyridine rings is 1. The molecule has 164 valence electrons. The van der Waals surface area contributed by atoms with E-state index in [1.807, 2.05) is 59.1 Å². The number of hydrogen-bond donors (Lipinski definition) is 1. The number of nitrogens with zero attached hydrogens (tertiary/aromatic N) is 5. The van der Waals surface area contributed by atoms with Crippen LogP contribution in [0.15, 0.2) is 66.9 Å². The van der Waals surface area contributed by atoms with Crippen molar-refractivity contribution in [2.75, 3.05) is 0 Å². The number of carbonyl (C=O) groups excluding carboxylic acids is 1. The summed E-state index contributed by atoms with van der Waals surface area (Å²) in [4.78, 5) is 16.5. The zero-order valence-electron chi connectivity index (χ0n) is 16.9. The van der Waals surface area contributed by atoms with Crippen molar-refractivity contribution in [3.63, 3.8) is 0 Å². The second-order valence-corrected chi connectivity index (χ2v) is 9.18. The van der Waals surface area contributed by atoms with Gasteiger partial charge in [-0.1, -0.05) is 52.7 Å². The molecular formula is C23H15Cl2IN6O. The smallest absolute Gasteiger partial charge is 0.250 e. The number of hydrogen-bond acceptors (Lipinski definition) is 4. The lowest BCUT2D eigenvalue weighted by atomic mass is 10.1. The number of primary amides is 1. The number of amides is 1. The van der Waals surface area contributed by atoms with Crippen LogP contribution in [-0.4, -0.2) is 30.3 Å². The fourth-order valence-corrected chi connectivity index (χ4v) is 4.58. The topological polar surface area (TPSA) is 91.1 Å². The monoisotopic (exact) mass is 588 g/mol. The zero-order valence-corrected chi connectivity index (χ0v) is 20.6. The molecule has 0 radical (unpaired) electrons. The summed E-state index contributed by atoms with van der Waals surface area (Å²) in [7, 11) is 0. The maximum absolute atomic E-state index is 11.7. The van der Waals surface area contributed by atoms with Crippen LogP contribution in [0.2, 0.25) is 10.0 Å². The van der Waals surface area contributed by atoms with Gasteiger partial charge >= 0.3 is 0 Å². The number of halogens is 3. The third kappa shape index (κ3) is 4.09. The van der Waals surface area contributed by atoms with E-state index in [0.29, 0.717) is 22.3 Å². The van der Waals surface area contributed by atoms with Crippen LogP contribution in [0.25, 0.3) is 28.3 Å². The van der Waals surface area contributed by atoms with Crippen LogP contribution >= 0.6 is 45.8 Å². The third-order valence-corrected chi connectivity index (χ3v) is 6.82. The van der Waals surface area contributed by atoms with E-state index in [1.165, 1.54) is 0 Å². The van der Waals surface area contributed by atoms with Gasteiger partial charge in [-0.3, -0.25) is 9.20 Å². The van der Waals surface area contributed by atoms with Crippen molar-refractivity contribution in [2.45, 2.75) is 6.54 Å². The van der Waals surface area contributed by atoms with Crippen molar-refractivity contribution in [1.29, 1.82) is 0 Å². The van der Waals surface area contributed by atoms with Gasteiger partial charge in [-0.25, -0.2) is 9.67 Å². The number of rotatable bonds is 5. The first-order valence-electron chi connectivity index (χ1n) is 9.83. The average Bonchev–Trinajstić information content (AvgIpc) is 3.35. The number of nitrogens with two attached hydrogens (primary N) is 1. The number of imidazole rings is 1. The van der Waals surface area contributed by atoms with E-state index in [0.717, 1.165) is 31.9 Å². The highest BCUT2D eigenvalue weighted by atomic mass is 127. The van der Waals surface area contributed by atoms with Gasteiger partial charge in [0.25, 0.3) is 0 Å². The second kappa shape index (κ2) is 8.77. The van der Waals surface area contributed by atoms with Crippen LogP contribution in [-0.2, 0) is 6.54 Å². The van der Waals surface area contributed by atoms with Gasteiger partial charge in [-0.2, -0.15) is 0 Å². The largest absolute Gasteiger partial charge is 0.366 e. The molecule has 0 saturated carbocycles. The van der Waals surface area contributed by atoms with Gasteiger partial charge in [0.05, 0.1) is 22.8 Å². The molecule has 7 nitrogen and oxygen atoms in total. The van der Waals surface area contributed by atoms with Crippen LogP contribution in [0.1, 0.15) is 15.9 Å². The van der Waals surface area contributed by atoms with E-state index in [9.17, 15) is 4.79 Å². The summed E-state index contributed by atoms with van der Waals surface area (Å²) in [5, 5.41) is 9.83. The van der Waals surface area contributed by atoms with Crippen molar-refractivity contribution < 1.29 is 4.79 Å². The molecule has 0 bridgehead atoms. The van der Waals surface area contributed by atoms with Gasteiger partial charge in [-0.05, 0) is 64.6 Å². The van der Waals surface area contributed by atoms with E-state index < -0.39 is 5.91 Å². The molecule has 5 rings (SSSR count). The lowest BCUT2D eigenvalue weighted by Gasteiger charge is -2.07. The highest BCUT2D eigenvalue weighted by Crippen LogP contribution is 2.34. The summed E-state index contributed by atoms with van der Waals surface area (Å²) in [6.07, 6.45) is 1.95. The second-order valence-electron chi connectivity index (χ2n) is 7.31. The maximum Gasteiger partial charge on any atom is 0.250 e. The number of fused-ring (bicyclic) bond motifs is 1. The SMILES string of the molecule is NC(=O)c1cc(Cn2nnc(-c3c(-c4ccc(Cl)cc4)nc4ccccn34)c2I)ccc1Cl. The molecule has 2 aromatic carbocycles. The molecular weight excluding hydrogens is 574 g/mol. The lowest BCUT2D eigenvalue weighted by Crippen LogP contribution is -2.13. The molecule has 2 N–H and O–H groups in total. The predicted octanol–water partition coefficient (Wildman–Crippen LogP) is 5.32. The Balaban J connectivity index is 1.61. The zero-order chi connectivity index (χ0) is 23.1. The van der Waals surface area contributed by atoms with Gasteiger partial charge in [-0.15, -0.1) is 5.10 Å². The summed E-state index contributed by atoms with van der Waals surface area (Å²) in [6.45, 7) is 0.399. The highest BCUT2D eigenvalue weighted by molar-refractivity contribution is 14.1. The Bertz CT molecular complexity index is 1510. The first-order chi connectivity index (χ1) is 15.9. The van der Waals surface area contributed by atoms with Gasteiger partial charge in [0.1, 0.15) is 20.7 Å². The van der Waals surface area contributed by atoms with Crippen molar-refractivity contribution in [1.82, 2.24) is 24.4 Å². The van der Waals surface area contributed by atoms with Crippen molar-refractivity contribution in [2.24, 2.45) is 5.73 Å². The standard InChI is InChI=1S/C23H15Cl2IN6O/c24-15-7-5-14(6-8-15)19-21(31-10-2-1-3-18(31)28-19)20-22(26)32(30-29-20)12-13-4-9-17(25)16(11-13)23(27)33/h1-11H,12H2,(H2,27,33).